The van der Waals surface area contributed by atoms with Crippen molar-refractivity contribution in [3.8, 4) is 0 Å². The van der Waals surface area contributed by atoms with E-state index in [9.17, 15) is 0 Å². The number of hydrogen-bond donors (Lipinski definition) is 2. The molecule has 0 aromatic carbocycles. The fraction of sp³-hybridized carbons (Fsp3) is 0.750. The Bertz CT molecular complexity index is 92.6. The highest BCUT2D eigenvalue weighted by Crippen LogP contribution is 1.25. The monoisotopic (exact) mass is 219 g/mol. The van der Waals surface area contributed by atoms with E-state index in [0.717, 1.165) is 0 Å². The van der Waals surface area contributed by atoms with E-state index in [-0.39, 0.29) is 57.6 Å². The maximum atomic E-state index is 9.00. The number of urea groups is 1. The molecule has 6 heteroatoms. The molecule has 0 aliphatic rings. The molecule has 0 aliphatic heterocycles. The third kappa shape index (κ3) is 507. The van der Waals surface area contributed by atoms with Gasteiger partial charge in [0.05, 0.1) is 0 Å². The van der Waals surface area contributed by atoms with Crippen LogP contribution >= 0.6 is 0 Å². The molecule has 0 atom stereocenters. The Hall–Kier alpha value is -1.39. The summed E-state index contributed by atoms with van der Waals surface area (Å²) in [6.45, 7) is 0. The normalized spacial score (nSPS) is 2.29. The average Bonchev–Trinajstić information content (AvgIpc) is 1.33. The Balaban J connectivity index is -0.00000000275. The maximum absolute atomic E-state index is 9.00. The lowest BCUT2D eigenvalue weighted by Crippen LogP contribution is -2.18. The van der Waals surface area contributed by atoms with Crippen LogP contribution in [0.5, 0.6) is 0 Å². The molecule has 0 rings (SSSR count). The molecule has 0 aliphatic carbocycles. The van der Waals surface area contributed by atoms with E-state index in [1.54, 1.807) is 0 Å². The van der Waals surface area contributed by atoms with Gasteiger partial charge in [-0.15, -0.1) is 0 Å². The summed E-state index contributed by atoms with van der Waals surface area (Å²) < 4.78 is 0. The molecule has 0 spiro atoms. The van der Waals surface area contributed by atoms with Crippen LogP contribution < -0.4 is 11.5 Å². The standard InChI is InChI=1S/CH4N2O.CO2.6CH4.H2O/c2-1(3)4;2-1-3;;;;;;;/h(H4,2,3,4);;6*1H4;1H2/p+1. The predicted molar refractivity (Wildman–Crippen MR) is 63.9 cm³/mol. The van der Waals surface area contributed by atoms with Crippen LogP contribution in [-0.4, -0.2) is 17.7 Å². The average molecular weight is 219 g/mol. The lowest BCUT2D eigenvalue weighted by molar-refractivity contribution is -0.191. The molecule has 14 heavy (non-hydrogen) atoms. The summed E-state index contributed by atoms with van der Waals surface area (Å²) in [5.41, 5.74) is 8.50. The number of primary amides is 2. The molecular formula is C8H31N2O4+. The zero-order chi connectivity index (χ0) is 6.28. The van der Waals surface area contributed by atoms with E-state index in [1.807, 2.05) is 0 Å². The second-order valence-electron chi connectivity index (χ2n) is 0.486. The van der Waals surface area contributed by atoms with Crippen LogP contribution in [0.2, 0.25) is 0 Å². The Morgan fingerprint density at radius 2 is 0.857 bits per heavy atom. The van der Waals surface area contributed by atoms with Gasteiger partial charge in [0.1, 0.15) is 0 Å². The molecular weight excluding hydrogens is 188 g/mol. The van der Waals surface area contributed by atoms with Gasteiger partial charge in [-0.1, -0.05) is 44.6 Å². The Morgan fingerprint density at radius 3 is 0.857 bits per heavy atom. The molecule has 0 heterocycles. The second kappa shape index (κ2) is 192. The molecule has 96 valence electrons. The summed E-state index contributed by atoms with van der Waals surface area (Å²) in [5.74, 6) is 0. The smallest absolute Gasteiger partial charge is 0.412 e. The zero-order valence-corrected chi connectivity index (χ0v) is 3.88. The first-order valence-corrected chi connectivity index (χ1v) is 1.19. The van der Waals surface area contributed by atoms with Crippen LogP contribution in [0.3, 0.4) is 0 Å². The van der Waals surface area contributed by atoms with E-state index in [1.165, 1.54) is 0 Å². The Morgan fingerprint density at radius 1 is 0.857 bits per heavy atom. The van der Waals surface area contributed by atoms with Crippen molar-refractivity contribution in [2.75, 3.05) is 0 Å². The van der Waals surface area contributed by atoms with Gasteiger partial charge in [0.15, 0.2) is 0 Å². The van der Waals surface area contributed by atoms with Crippen molar-refractivity contribution in [1.82, 2.24) is 0 Å². The van der Waals surface area contributed by atoms with Gasteiger partial charge in [0.2, 0.25) is 0 Å². The molecule has 0 bridgehead atoms. The van der Waals surface area contributed by atoms with Crippen molar-refractivity contribution in [2.45, 2.75) is 44.6 Å². The van der Waals surface area contributed by atoms with Crippen molar-refractivity contribution < 1.29 is 21.3 Å². The maximum Gasteiger partial charge on any atom is 1.00 e. The summed E-state index contributed by atoms with van der Waals surface area (Å²) in [6, 6.07) is -0.833. The third-order valence-corrected chi connectivity index (χ3v) is 0. The topological polar surface area (TPSA) is 135 Å². The number of carbonyl (C=O) groups excluding carboxylic acids is 3. The van der Waals surface area contributed by atoms with E-state index >= 15 is 0 Å². The highest BCUT2D eigenvalue weighted by molar-refractivity contribution is 5.69. The minimum Gasteiger partial charge on any atom is -0.412 e. The van der Waals surface area contributed by atoms with Crippen molar-refractivity contribution >= 4 is 12.2 Å². The van der Waals surface area contributed by atoms with Gasteiger partial charge >= 0.3 is 13.6 Å². The summed E-state index contributed by atoms with van der Waals surface area (Å²) in [5, 5.41) is 0. The first kappa shape index (κ1) is 130. The first-order valence-electron chi connectivity index (χ1n) is 1.19. The number of carbonyl (C=O) groups is 1. The molecule has 0 saturated carbocycles. The molecule has 0 aromatic rings. The van der Waals surface area contributed by atoms with E-state index < -0.39 is 6.03 Å². The molecule has 6 N–H and O–H groups in total. The second-order valence-corrected chi connectivity index (χ2v) is 0.486. The van der Waals surface area contributed by atoms with E-state index in [4.69, 9.17) is 14.4 Å². The summed E-state index contributed by atoms with van der Waals surface area (Å²) in [7, 11) is 0. The van der Waals surface area contributed by atoms with Gasteiger partial charge in [-0.2, -0.15) is 9.59 Å². The van der Waals surface area contributed by atoms with Gasteiger partial charge in [0, 0.05) is 0 Å². The summed E-state index contributed by atoms with van der Waals surface area (Å²) >= 11 is 0. The fourth-order valence-corrected chi connectivity index (χ4v) is 0. The van der Waals surface area contributed by atoms with Gasteiger partial charge in [-0.25, -0.2) is 4.79 Å². The van der Waals surface area contributed by atoms with Crippen LogP contribution in [0.15, 0.2) is 0 Å². The van der Waals surface area contributed by atoms with Gasteiger partial charge in [0.25, 0.3) is 0 Å². The largest absolute Gasteiger partial charge is 1.00 e. The SMILES string of the molecule is C.C.C.C.C.C.NC(N)=O.O.O=C=O.[H+]. The number of rotatable bonds is 0. The lowest BCUT2D eigenvalue weighted by atomic mass is 11.2. The van der Waals surface area contributed by atoms with Crippen molar-refractivity contribution in [3.05, 3.63) is 0 Å². The Labute approximate surface area is 90.5 Å². The molecule has 2 amide bonds. The third-order valence-electron chi connectivity index (χ3n) is 0. The van der Waals surface area contributed by atoms with Crippen LogP contribution in [0.25, 0.3) is 0 Å². The predicted octanol–water partition coefficient (Wildman–Crippen LogP) is 1.54. The quantitative estimate of drug-likeness (QED) is 0.639. The van der Waals surface area contributed by atoms with Gasteiger partial charge < -0.3 is 16.9 Å². The van der Waals surface area contributed by atoms with Gasteiger partial charge in [-0.3, -0.25) is 0 Å². The molecule has 0 unspecified atom stereocenters. The highest BCUT2D eigenvalue weighted by atomic mass is 16.2. The molecule has 6 nitrogen and oxygen atoms in total. The van der Waals surface area contributed by atoms with Crippen LogP contribution in [-0.2, 0) is 9.59 Å². The minimum absolute atomic E-state index is 0. The number of hydrogen-bond acceptors (Lipinski definition) is 3. The van der Waals surface area contributed by atoms with Crippen molar-refractivity contribution in [1.29, 1.82) is 0 Å². The zero-order valence-electron chi connectivity index (χ0n) is 4.88. The molecule has 0 aromatic heterocycles. The number of nitrogens with two attached hydrogens (primary N) is 2. The lowest BCUT2D eigenvalue weighted by Gasteiger charge is -1.62. The highest BCUT2D eigenvalue weighted by Gasteiger charge is 1.60. The Kier molecular flexibility index (Phi) is 1790. The van der Waals surface area contributed by atoms with Crippen molar-refractivity contribution in [2.24, 2.45) is 11.5 Å². The van der Waals surface area contributed by atoms with E-state index in [2.05, 4.69) is 11.5 Å². The van der Waals surface area contributed by atoms with E-state index in [0.29, 0.717) is 0 Å². The molecule has 0 radical (unpaired) electrons. The molecule has 0 saturated heterocycles. The fourth-order valence-electron chi connectivity index (χ4n) is 0. The molecule has 0 fully saturated rings. The van der Waals surface area contributed by atoms with Gasteiger partial charge in [-0.05, 0) is 0 Å². The summed E-state index contributed by atoms with van der Waals surface area (Å²) in [4.78, 5) is 25.2. The number of amides is 2. The van der Waals surface area contributed by atoms with Crippen LogP contribution in [0, 0.1) is 0 Å². The minimum atomic E-state index is -0.833. The van der Waals surface area contributed by atoms with Crippen molar-refractivity contribution in [3.63, 3.8) is 0 Å². The summed E-state index contributed by atoms with van der Waals surface area (Å²) in [6.07, 6.45) is 0.250. The van der Waals surface area contributed by atoms with Crippen LogP contribution in [0.4, 0.5) is 4.79 Å². The van der Waals surface area contributed by atoms with Crippen LogP contribution in [0.1, 0.15) is 46.0 Å². The first-order chi connectivity index (χ1) is 3.15.